The number of methoxy groups -OCH3 is 1. The summed E-state index contributed by atoms with van der Waals surface area (Å²) < 4.78 is 11.1. The number of carbonyl (C=O) groups excluding carboxylic acids is 1. The third-order valence-corrected chi connectivity index (χ3v) is 4.92. The minimum absolute atomic E-state index is 0.177. The summed E-state index contributed by atoms with van der Waals surface area (Å²) in [5, 5.41) is 0. The third kappa shape index (κ3) is 3.64. The first-order valence-electron chi connectivity index (χ1n) is 9.08. The molecule has 136 valence electrons. The van der Waals surface area contributed by atoms with Crippen LogP contribution < -0.4 is 9.47 Å². The molecule has 0 N–H and O–H groups in total. The zero-order valence-corrected chi connectivity index (χ0v) is 15.1. The molecule has 1 saturated heterocycles. The van der Waals surface area contributed by atoms with Gasteiger partial charge in [0, 0.05) is 36.7 Å². The van der Waals surface area contributed by atoms with Gasteiger partial charge in [-0.2, -0.15) is 4.98 Å². The molecule has 0 bridgehead atoms. The number of likely N-dealkylation sites (tertiary alicyclic amines) is 1. The summed E-state index contributed by atoms with van der Waals surface area (Å²) in [6.07, 6.45) is 2.99. The van der Waals surface area contributed by atoms with Gasteiger partial charge in [-0.25, -0.2) is 4.98 Å². The zero-order valence-electron chi connectivity index (χ0n) is 15.1. The SMILES string of the molecule is COc1ccc(Oc2cc(C)nc([C@@H]3CCN(C(=O)C4CC4)C3)n2)cc1. The van der Waals surface area contributed by atoms with Crippen LogP contribution in [0.15, 0.2) is 30.3 Å². The molecule has 6 heteroatoms. The normalized spacial score (nSPS) is 19.5. The predicted octanol–water partition coefficient (Wildman–Crippen LogP) is 3.31. The third-order valence-electron chi connectivity index (χ3n) is 4.92. The number of carbonyl (C=O) groups is 1. The smallest absolute Gasteiger partial charge is 0.225 e. The van der Waals surface area contributed by atoms with Crippen LogP contribution in [-0.2, 0) is 4.79 Å². The van der Waals surface area contributed by atoms with E-state index in [9.17, 15) is 4.79 Å². The molecule has 0 unspecified atom stereocenters. The molecule has 1 aromatic carbocycles. The number of hydrogen-bond donors (Lipinski definition) is 0. The number of aryl methyl sites for hydroxylation is 1. The Balaban J connectivity index is 1.48. The van der Waals surface area contributed by atoms with Crippen molar-refractivity contribution < 1.29 is 14.3 Å². The van der Waals surface area contributed by atoms with Crippen LogP contribution in [0.25, 0.3) is 0 Å². The summed E-state index contributed by atoms with van der Waals surface area (Å²) in [6.45, 7) is 3.45. The first-order valence-corrected chi connectivity index (χ1v) is 9.08. The molecule has 1 saturated carbocycles. The molecule has 1 aromatic heterocycles. The van der Waals surface area contributed by atoms with Crippen molar-refractivity contribution in [3.63, 3.8) is 0 Å². The van der Waals surface area contributed by atoms with Crippen LogP contribution >= 0.6 is 0 Å². The number of ether oxygens (including phenoxy) is 2. The molecule has 1 aliphatic carbocycles. The highest BCUT2D eigenvalue weighted by Crippen LogP contribution is 2.35. The van der Waals surface area contributed by atoms with Crippen LogP contribution in [0, 0.1) is 12.8 Å². The minimum atomic E-state index is 0.177. The Morgan fingerprint density at radius 3 is 2.54 bits per heavy atom. The van der Waals surface area contributed by atoms with E-state index in [1.165, 1.54) is 0 Å². The monoisotopic (exact) mass is 353 g/mol. The fourth-order valence-electron chi connectivity index (χ4n) is 3.32. The lowest BCUT2D eigenvalue weighted by atomic mass is 10.1. The lowest BCUT2D eigenvalue weighted by molar-refractivity contribution is -0.131. The van der Waals surface area contributed by atoms with Crippen LogP contribution in [0.2, 0.25) is 0 Å². The van der Waals surface area contributed by atoms with Gasteiger partial charge in [-0.15, -0.1) is 0 Å². The summed E-state index contributed by atoms with van der Waals surface area (Å²) in [7, 11) is 1.63. The van der Waals surface area contributed by atoms with Gasteiger partial charge in [-0.3, -0.25) is 4.79 Å². The number of amides is 1. The van der Waals surface area contributed by atoms with Crippen LogP contribution in [0.3, 0.4) is 0 Å². The molecule has 0 spiro atoms. The van der Waals surface area contributed by atoms with E-state index in [0.717, 1.165) is 43.1 Å². The lowest BCUT2D eigenvalue weighted by Gasteiger charge is -2.16. The second-order valence-electron chi connectivity index (χ2n) is 7.03. The molecule has 26 heavy (non-hydrogen) atoms. The Kier molecular flexibility index (Phi) is 4.49. The fraction of sp³-hybridized carbons (Fsp3) is 0.450. The minimum Gasteiger partial charge on any atom is -0.497 e. The topological polar surface area (TPSA) is 64.6 Å². The summed E-state index contributed by atoms with van der Waals surface area (Å²) in [6, 6.07) is 9.23. The Hall–Kier alpha value is -2.63. The van der Waals surface area contributed by atoms with Gasteiger partial charge < -0.3 is 14.4 Å². The highest BCUT2D eigenvalue weighted by Gasteiger charge is 2.37. The summed E-state index contributed by atoms with van der Waals surface area (Å²) in [4.78, 5) is 23.4. The van der Waals surface area contributed by atoms with Gasteiger partial charge >= 0.3 is 0 Å². The van der Waals surface area contributed by atoms with Gasteiger partial charge in [0.1, 0.15) is 17.3 Å². The van der Waals surface area contributed by atoms with Crippen molar-refractivity contribution in [2.45, 2.75) is 32.1 Å². The predicted molar refractivity (Wildman–Crippen MR) is 96.5 cm³/mol. The average Bonchev–Trinajstić information content (AvgIpc) is 3.37. The van der Waals surface area contributed by atoms with Crippen molar-refractivity contribution in [2.24, 2.45) is 5.92 Å². The Labute approximate surface area is 153 Å². The highest BCUT2D eigenvalue weighted by atomic mass is 16.5. The van der Waals surface area contributed by atoms with Crippen LogP contribution in [0.1, 0.15) is 36.7 Å². The van der Waals surface area contributed by atoms with E-state index in [0.29, 0.717) is 24.1 Å². The summed E-state index contributed by atoms with van der Waals surface area (Å²) >= 11 is 0. The van der Waals surface area contributed by atoms with E-state index in [1.807, 2.05) is 42.2 Å². The molecular formula is C20H23N3O3. The number of aromatic nitrogens is 2. The molecule has 1 atom stereocenters. The largest absolute Gasteiger partial charge is 0.497 e. The molecule has 4 rings (SSSR count). The van der Waals surface area contributed by atoms with Gasteiger partial charge in [-0.05, 0) is 50.5 Å². The van der Waals surface area contributed by atoms with Crippen molar-refractivity contribution in [2.75, 3.05) is 20.2 Å². The Bertz CT molecular complexity index is 802. The lowest BCUT2D eigenvalue weighted by Crippen LogP contribution is -2.29. The van der Waals surface area contributed by atoms with Gasteiger partial charge in [0.2, 0.25) is 11.8 Å². The number of benzene rings is 1. The second kappa shape index (κ2) is 6.94. The molecule has 2 heterocycles. The Morgan fingerprint density at radius 1 is 1.12 bits per heavy atom. The summed E-state index contributed by atoms with van der Waals surface area (Å²) in [5.74, 6) is 3.52. The summed E-state index contributed by atoms with van der Waals surface area (Å²) in [5.41, 5.74) is 0.866. The Morgan fingerprint density at radius 2 is 1.85 bits per heavy atom. The highest BCUT2D eigenvalue weighted by molar-refractivity contribution is 5.81. The molecule has 2 aliphatic rings. The zero-order chi connectivity index (χ0) is 18.1. The van der Waals surface area contributed by atoms with Crippen molar-refractivity contribution in [1.29, 1.82) is 0 Å². The molecule has 2 fully saturated rings. The van der Waals surface area contributed by atoms with Crippen LogP contribution in [0.5, 0.6) is 17.4 Å². The van der Waals surface area contributed by atoms with E-state index < -0.39 is 0 Å². The van der Waals surface area contributed by atoms with E-state index in [4.69, 9.17) is 9.47 Å². The number of hydrogen-bond acceptors (Lipinski definition) is 5. The molecule has 1 amide bonds. The van der Waals surface area contributed by atoms with Crippen molar-refractivity contribution >= 4 is 5.91 Å². The van der Waals surface area contributed by atoms with Gasteiger partial charge in [-0.1, -0.05) is 0 Å². The fourth-order valence-corrected chi connectivity index (χ4v) is 3.32. The quantitative estimate of drug-likeness (QED) is 0.825. The molecule has 1 aliphatic heterocycles. The maximum atomic E-state index is 12.3. The van der Waals surface area contributed by atoms with Crippen molar-refractivity contribution in [3.05, 3.63) is 41.9 Å². The first kappa shape index (κ1) is 16.8. The maximum Gasteiger partial charge on any atom is 0.225 e. The van der Waals surface area contributed by atoms with Gasteiger partial charge in [0.05, 0.1) is 7.11 Å². The number of nitrogens with zero attached hydrogens (tertiary/aromatic N) is 3. The number of rotatable bonds is 5. The van der Waals surface area contributed by atoms with Crippen LogP contribution in [0.4, 0.5) is 0 Å². The van der Waals surface area contributed by atoms with E-state index in [2.05, 4.69) is 9.97 Å². The van der Waals surface area contributed by atoms with E-state index in [-0.39, 0.29) is 11.8 Å². The average molecular weight is 353 g/mol. The van der Waals surface area contributed by atoms with E-state index >= 15 is 0 Å². The van der Waals surface area contributed by atoms with Gasteiger partial charge in [0.25, 0.3) is 0 Å². The maximum absolute atomic E-state index is 12.3. The standard InChI is InChI=1S/C20H23N3O3/c1-13-11-18(26-17-7-5-16(25-2)6-8-17)22-19(21-13)15-9-10-23(12-15)20(24)14-3-4-14/h5-8,11,14-15H,3-4,9-10,12H2,1-2H3/t15-/m1/s1. The van der Waals surface area contributed by atoms with Crippen LogP contribution in [-0.4, -0.2) is 41.0 Å². The first-order chi connectivity index (χ1) is 12.6. The van der Waals surface area contributed by atoms with Crippen molar-refractivity contribution in [1.82, 2.24) is 14.9 Å². The second-order valence-corrected chi connectivity index (χ2v) is 7.03. The molecule has 2 aromatic rings. The molecule has 0 radical (unpaired) electrons. The van der Waals surface area contributed by atoms with Gasteiger partial charge in [0.15, 0.2) is 0 Å². The molecular weight excluding hydrogens is 330 g/mol. The van der Waals surface area contributed by atoms with Crippen molar-refractivity contribution in [3.8, 4) is 17.4 Å². The van der Waals surface area contributed by atoms with E-state index in [1.54, 1.807) is 7.11 Å². The molecule has 6 nitrogen and oxygen atoms in total.